The van der Waals surface area contributed by atoms with E-state index >= 15 is 0 Å². The van der Waals surface area contributed by atoms with Crippen LogP contribution in [-0.4, -0.2) is 18.2 Å². The lowest BCUT2D eigenvalue weighted by atomic mass is 10.5. The number of nitriles is 1. The summed E-state index contributed by atoms with van der Waals surface area (Å²) < 4.78 is 9.02. The van der Waals surface area contributed by atoms with Crippen LogP contribution in [-0.2, 0) is 19.1 Å². The molecule has 1 unspecified atom stereocenters. The highest BCUT2D eigenvalue weighted by molar-refractivity contribution is 5.81. The van der Waals surface area contributed by atoms with Gasteiger partial charge in [-0.05, 0) is 0 Å². The maximum Gasteiger partial charge on any atom is 0.333 e. The van der Waals surface area contributed by atoms with E-state index in [0.717, 1.165) is 6.08 Å². The standard InChI is InChI=1S/C8H9NO4/c1-3-7(10)12-6(2)13-8(11)4-5-9/h3,6H,1,4H2,2H3. The number of ether oxygens (including phenoxy) is 2. The molecule has 0 radical (unpaired) electrons. The van der Waals surface area contributed by atoms with Crippen molar-refractivity contribution in [2.24, 2.45) is 0 Å². The van der Waals surface area contributed by atoms with Gasteiger partial charge in [-0.3, -0.25) is 4.79 Å². The molecule has 0 saturated carbocycles. The Bertz CT molecular complexity index is 253. The molecule has 0 aromatic carbocycles. The summed E-state index contributed by atoms with van der Waals surface area (Å²) in [4.78, 5) is 21.2. The second kappa shape index (κ2) is 5.77. The van der Waals surface area contributed by atoms with E-state index in [2.05, 4.69) is 16.1 Å². The minimum absolute atomic E-state index is 0.365. The predicted molar refractivity (Wildman–Crippen MR) is 42.1 cm³/mol. The van der Waals surface area contributed by atoms with Crippen LogP contribution >= 0.6 is 0 Å². The highest BCUT2D eigenvalue weighted by Gasteiger charge is 2.11. The summed E-state index contributed by atoms with van der Waals surface area (Å²) in [7, 11) is 0. The number of hydrogen-bond acceptors (Lipinski definition) is 5. The van der Waals surface area contributed by atoms with E-state index in [1.807, 2.05) is 0 Å². The fraction of sp³-hybridized carbons (Fsp3) is 0.375. The number of hydrogen-bond donors (Lipinski definition) is 0. The van der Waals surface area contributed by atoms with Crippen molar-refractivity contribution in [3.05, 3.63) is 12.7 Å². The van der Waals surface area contributed by atoms with Crippen molar-refractivity contribution in [2.75, 3.05) is 0 Å². The van der Waals surface area contributed by atoms with Gasteiger partial charge in [0.25, 0.3) is 0 Å². The van der Waals surface area contributed by atoms with Gasteiger partial charge in [-0.15, -0.1) is 0 Å². The monoisotopic (exact) mass is 183 g/mol. The zero-order valence-corrected chi connectivity index (χ0v) is 7.15. The van der Waals surface area contributed by atoms with Gasteiger partial charge in [0, 0.05) is 13.0 Å². The second-order valence-electron chi connectivity index (χ2n) is 2.03. The molecular formula is C8H9NO4. The third kappa shape index (κ3) is 5.44. The lowest BCUT2D eigenvalue weighted by Crippen LogP contribution is -2.20. The Hall–Kier alpha value is -1.83. The molecule has 0 amide bonds. The summed E-state index contributed by atoms with van der Waals surface area (Å²) in [5.41, 5.74) is 0. The van der Waals surface area contributed by atoms with Crippen molar-refractivity contribution < 1.29 is 19.1 Å². The summed E-state index contributed by atoms with van der Waals surface area (Å²) >= 11 is 0. The first-order valence-electron chi connectivity index (χ1n) is 3.49. The lowest BCUT2D eigenvalue weighted by Gasteiger charge is -2.11. The van der Waals surface area contributed by atoms with E-state index in [-0.39, 0.29) is 6.42 Å². The highest BCUT2D eigenvalue weighted by atomic mass is 16.7. The van der Waals surface area contributed by atoms with Crippen LogP contribution in [0.15, 0.2) is 12.7 Å². The summed E-state index contributed by atoms with van der Waals surface area (Å²) in [5.74, 6) is -1.41. The third-order valence-electron chi connectivity index (χ3n) is 0.970. The van der Waals surface area contributed by atoms with E-state index in [4.69, 9.17) is 5.26 Å². The Morgan fingerprint density at radius 2 is 2.23 bits per heavy atom. The molecule has 0 aromatic heterocycles. The molecule has 0 heterocycles. The zero-order valence-electron chi connectivity index (χ0n) is 7.15. The molecule has 0 spiro atoms. The van der Waals surface area contributed by atoms with E-state index in [1.165, 1.54) is 6.92 Å². The summed E-state index contributed by atoms with van der Waals surface area (Å²) in [6.07, 6.45) is -0.406. The molecule has 1 atom stereocenters. The van der Waals surface area contributed by atoms with E-state index in [9.17, 15) is 9.59 Å². The minimum atomic E-state index is -0.994. The van der Waals surface area contributed by atoms with Gasteiger partial charge in [-0.1, -0.05) is 6.58 Å². The highest BCUT2D eigenvalue weighted by Crippen LogP contribution is 1.97. The molecule has 0 fully saturated rings. The van der Waals surface area contributed by atoms with Crippen LogP contribution in [0.25, 0.3) is 0 Å². The van der Waals surface area contributed by atoms with E-state index in [1.54, 1.807) is 6.07 Å². The number of esters is 2. The first-order chi connectivity index (χ1) is 6.10. The van der Waals surface area contributed by atoms with Gasteiger partial charge in [-0.25, -0.2) is 4.79 Å². The molecule has 5 nitrogen and oxygen atoms in total. The first-order valence-corrected chi connectivity index (χ1v) is 3.49. The van der Waals surface area contributed by atoms with Gasteiger partial charge >= 0.3 is 11.9 Å². The minimum Gasteiger partial charge on any atom is -0.425 e. The van der Waals surface area contributed by atoms with Crippen LogP contribution in [0.4, 0.5) is 0 Å². The molecule has 0 rings (SSSR count). The molecule has 0 aliphatic heterocycles. The maximum absolute atomic E-state index is 10.7. The van der Waals surface area contributed by atoms with Crippen molar-refractivity contribution in [2.45, 2.75) is 19.6 Å². The van der Waals surface area contributed by atoms with Crippen LogP contribution in [0.3, 0.4) is 0 Å². The Morgan fingerprint density at radius 3 is 2.69 bits per heavy atom. The molecular weight excluding hydrogens is 174 g/mol. The van der Waals surface area contributed by atoms with Gasteiger partial charge in [0.05, 0.1) is 6.07 Å². The van der Waals surface area contributed by atoms with Gasteiger partial charge in [0.2, 0.25) is 6.29 Å². The van der Waals surface area contributed by atoms with Crippen molar-refractivity contribution in [1.82, 2.24) is 0 Å². The largest absolute Gasteiger partial charge is 0.425 e. The molecule has 0 aromatic rings. The molecule has 0 bridgehead atoms. The number of carbonyl (C=O) groups is 2. The quantitative estimate of drug-likeness (QED) is 0.360. The molecule has 0 aliphatic carbocycles. The smallest absolute Gasteiger partial charge is 0.333 e. The Labute approximate surface area is 75.5 Å². The van der Waals surface area contributed by atoms with Gasteiger partial charge in [0.15, 0.2) is 0 Å². The fourth-order valence-electron chi connectivity index (χ4n) is 0.527. The lowest BCUT2D eigenvalue weighted by molar-refractivity contribution is -0.180. The van der Waals surface area contributed by atoms with Crippen LogP contribution < -0.4 is 0 Å². The average molecular weight is 183 g/mol. The van der Waals surface area contributed by atoms with E-state index in [0.29, 0.717) is 0 Å². The van der Waals surface area contributed by atoms with Gasteiger partial charge in [0.1, 0.15) is 6.42 Å². The topological polar surface area (TPSA) is 76.4 Å². The Kier molecular flexibility index (Phi) is 4.96. The normalized spacial score (nSPS) is 10.8. The third-order valence-corrected chi connectivity index (χ3v) is 0.970. The maximum atomic E-state index is 10.7. The summed E-state index contributed by atoms with van der Waals surface area (Å²) in [5, 5.41) is 8.10. The molecule has 0 saturated heterocycles. The molecule has 0 aliphatic rings. The van der Waals surface area contributed by atoms with Crippen LogP contribution in [0.2, 0.25) is 0 Å². The zero-order chi connectivity index (χ0) is 10.3. The Morgan fingerprint density at radius 1 is 1.62 bits per heavy atom. The van der Waals surface area contributed by atoms with Gasteiger partial charge < -0.3 is 9.47 Å². The molecule has 0 N–H and O–H groups in total. The molecule has 5 heteroatoms. The number of rotatable bonds is 4. The summed E-state index contributed by atoms with van der Waals surface area (Å²) in [6.45, 7) is 4.53. The first kappa shape index (κ1) is 11.2. The molecule has 70 valence electrons. The summed E-state index contributed by atoms with van der Waals surface area (Å²) in [6, 6.07) is 1.60. The van der Waals surface area contributed by atoms with Crippen LogP contribution in [0, 0.1) is 11.3 Å². The second-order valence-corrected chi connectivity index (χ2v) is 2.03. The average Bonchev–Trinajstić information content (AvgIpc) is 2.04. The van der Waals surface area contributed by atoms with Gasteiger partial charge in [-0.2, -0.15) is 5.26 Å². The van der Waals surface area contributed by atoms with Crippen LogP contribution in [0.5, 0.6) is 0 Å². The number of nitrogens with zero attached hydrogens (tertiary/aromatic N) is 1. The number of carbonyl (C=O) groups excluding carboxylic acids is 2. The van der Waals surface area contributed by atoms with Crippen molar-refractivity contribution in [3.8, 4) is 6.07 Å². The fourth-order valence-corrected chi connectivity index (χ4v) is 0.527. The van der Waals surface area contributed by atoms with Crippen molar-refractivity contribution in [3.63, 3.8) is 0 Å². The van der Waals surface area contributed by atoms with Crippen LogP contribution in [0.1, 0.15) is 13.3 Å². The SMILES string of the molecule is C=CC(=O)OC(C)OC(=O)CC#N. The van der Waals surface area contributed by atoms with Crippen molar-refractivity contribution >= 4 is 11.9 Å². The van der Waals surface area contributed by atoms with Crippen molar-refractivity contribution in [1.29, 1.82) is 5.26 Å². The van der Waals surface area contributed by atoms with E-state index < -0.39 is 18.2 Å². The molecule has 13 heavy (non-hydrogen) atoms. The Balaban J connectivity index is 3.81. The predicted octanol–water partition coefficient (Wildman–Crippen LogP) is 0.518.